The fourth-order valence-electron chi connectivity index (χ4n) is 1.37. The van der Waals surface area contributed by atoms with Gasteiger partial charge >= 0.3 is 5.97 Å². The monoisotopic (exact) mass is 329 g/mol. The zero-order valence-electron chi connectivity index (χ0n) is 14.5. The molecule has 0 saturated carbocycles. The molecule has 0 aliphatic heterocycles. The lowest BCUT2D eigenvalue weighted by Crippen LogP contribution is -2.19. The van der Waals surface area contributed by atoms with Crippen molar-refractivity contribution in [2.45, 2.75) is 40.2 Å². The third kappa shape index (κ3) is 13.1. The number of carbonyl (C=O) groups is 2. The Morgan fingerprint density at radius 2 is 1.33 bits per heavy atom. The third-order valence-electron chi connectivity index (χ3n) is 2.76. The zero-order chi connectivity index (χ0) is 18.2. The molecule has 0 aromatic heterocycles. The number of rotatable bonds is 4. The molecule has 24 heavy (non-hydrogen) atoms. The van der Waals surface area contributed by atoms with Crippen LogP contribution in [0.25, 0.3) is 0 Å². The first-order valence-corrected chi connectivity index (χ1v) is 7.90. The third-order valence-corrected chi connectivity index (χ3v) is 2.76. The molecule has 0 bridgehead atoms. The van der Waals surface area contributed by atoms with Crippen LogP contribution in [0, 0.1) is 6.92 Å². The molecule has 130 valence electrons. The van der Waals surface area contributed by atoms with Gasteiger partial charge in [-0.25, -0.2) is 0 Å². The number of aryl methyl sites for hydroxylation is 1. The Hall–Kier alpha value is -2.62. The van der Waals surface area contributed by atoms with Crippen molar-refractivity contribution in [3.8, 4) is 0 Å². The largest absolute Gasteiger partial charge is 0.550 e. The van der Waals surface area contributed by atoms with Crippen molar-refractivity contribution in [3.05, 3.63) is 71.8 Å². The van der Waals surface area contributed by atoms with Gasteiger partial charge in [0, 0.05) is 12.4 Å². The molecule has 0 N–H and O–H groups in total. The number of ether oxygens (including phenoxy) is 1. The summed E-state index contributed by atoms with van der Waals surface area (Å²) in [7, 11) is 0. The van der Waals surface area contributed by atoms with Crippen molar-refractivity contribution >= 4 is 11.9 Å². The van der Waals surface area contributed by atoms with Crippen LogP contribution in [0.5, 0.6) is 0 Å². The molecule has 0 atom stereocenters. The summed E-state index contributed by atoms with van der Waals surface area (Å²) in [6.45, 7) is 5.79. The van der Waals surface area contributed by atoms with E-state index in [4.69, 9.17) is 4.74 Å². The zero-order valence-corrected chi connectivity index (χ0v) is 14.5. The van der Waals surface area contributed by atoms with Crippen LogP contribution in [-0.2, 0) is 20.9 Å². The second-order valence-electron chi connectivity index (χ2n) is 4.88. The normalized spacial score (nSPS) is 8.79. The first-order chi connectivity index (χ1) is 11.5. The van der Waals surface area contributed by atoms with Crippen LogP contribution >= 0.6 is 0 Å². The van der Waals surface area contributed by atoms with Crippen LogP contribution in [0.3, 0.4) is 0 Å². The lowest BCUT2D eigenvalue weighted by molar-refractivity contribution is -0.305. The van der Waals surface area contributed by atoms with Gasteiger partial charge in [-0.05, 0) is 18.9 Å². The van der Waals surface area contributed by atoms with Crippen LogP contribution < -0.4 is 5.11 Å². The molecule has 2 rings (SSSR count). The Morgan fingerprint density at radius 3 is 1.67 bits per heavy atom. The average Bonchev–Trinajstić information content (AvgIpc) is 2.62. The van der Waals surface area contributed by atoms with Gasteiger partial charge < -0.3 is 14.6 Å². The van der Waals surface area contributed by atoms with Crippen molar-refractivity contribution in [2.24, 2.45) is 0 Å². The molecule has 0 amide bonds. The molecule has 0 saturated heterocycles. The van der Waals surface area contributed by atoms with Gasteiger partial charge in [-0.2, -0.15) is 0 Å². The standard InChI is InChI=1S/C10H12O2.C7H8.C3H6O2/c1-2-10(11)12-8-9-6-4-3-5-7-9;1-7-5-3-2-4-6-7;1-2-3(4)5/h3-7H,2,8H2,1H3;2-6H,1H3;2H2,1H3,(H,4,5)/p-1. The molecule has 2 aromatic carbocycles. The molecule has 0 unspecified atom stereocenters. The Labute approximate surface area is 144 Å². The van der Waals surface area contributed by atoms with Gasteiger partial charge in [-0.15, -0.1) is 0 Å². The summed E-state index contributed by atoms with van der Waals surface area (Å²) in [5, 5.41) is 9.26. The van der Waals surface area contributed by atoms with E-state index in [0.717, 1.165) is 5.56 Å². The van der Waals surface area contributed by atoms with Crippen LogP contribution in [0.2, 0.25) is 0 Å². The smallest absolute Gasteiger partial charge is 0.305 e. The molecule has 4 heteroatoms. The number of aliphatic carboxylic acids is 1. The topological polar surface area (TPSA) is 66.4 Å². The van der Waals surface area contributed by atoms with Crippen LogP contribution in [0.4, 0.5) is 0 Å². The predicted octanol–water partition coefficient (Wildman–Crippen LogP) is 3.28. The number of benzene rings is 2. The highest BCUT2D eigenvalue weighted by molar-refractivity contribution is 5.68. The van der Waals surface area contributed by atoms with Gasteiger partial charge in [0.25, 0.3) is 0 Å². The Kier molecular flexibility index (Phi) is 12.5. The summed E-state index contributed by atoms with van der Waals surface area (Å²) >= 11 is 0. The number of carboxylic acids is 1. The van der Waals surface area contributed by atoms with Crippen LogP contribution in [0.1, 0.15) is 37.8 Å². The number of hydrogen-bond acceptors (Lipinski definition) is 4. The van der Waals surface area contributed by atoms with Crippen molar-refractivity contribution in [1.82, 2.24) is 0 Å². The Bertz CT molecular complexity index is 565. The van der Waals surface area contributed by atoms with E-state index in [1.807, 2.05) is 48.5 Å². The molecule has 0 radical (unpaired) electrons. The minimum atomic E-state index is -0.995. The van der Waals surface area contributed by atoms with Crippen LogP contribution in [-0.4, -0.2) is 11.9 Å². The van der Waals surface area contributed by atoms with Crippen LogP contribution in [0.15, 0.2) is 60.7 Å². The molecule has 0 spiro atoms. The summed E-state index contributed by atoms with van der Waals surface area (Å²) in [4.78, 5) is 20.0. The molecule has 2 aromatic rings. The first kappa shape index (κ1) is 21.4. The van der Waals surface area contributed by atoms with E-state index in [1.54, 1.807) is 6.92 Å². The number of hydrogen-bond donors (Lipinski definition) is 0. The molecule has 0 aliphatic carbocycles. The quantitative estimate of drug-likeness (QED) is 0.807. The number of carboxylic acid groups (broad SMARTS) is 1. The predicted molar refractivity (Wildman–Crippen MR) is 93.0 cm³/mol. The van der Waals surface area contributed by atoms with E-state index >= 15 is 0 Å². The van der Waals surface area contributed by atoms with Gasteiger partial charge in [-0.3, -0.25) is 4.79 Å². The highest BCUT2D eigenvalue weighted by atomic mass is 16.5. The lowest BCUT2D eigenvalue weighted by Gasteiger charge is -2.01. The summed E-state index contributed by atoms with van der Waals surface area (Å²) in [5.74, 6) is -1.15. The molecule has 0 fully saturated rings. The van der Waals surface area contributed by atoms with Crippen molar-refractivity contribution in [2.75, 3.05) is 0 Å². The van der Waals surface area contributed by atoms with Crippen molar-refractivity contribution in [3.63, 3.8) is 0 Å². The SMILES string of the molecule is CCC(=O)OCc1ccccc1.CCC(=O)[O-].Cc1ccccc1. The maximum atomic E-state index is 10.8. The van der Waals surface area contributed by atoms with Gasteiger partial charge in [-0.1, -0.05) is 80.1 Å². The van der Waals surface area contributed by atoms with E-state index in [-0.39, 0.29) is 12.4 Å². The average molecular weight is 329 g/mol. The molecule has 4 nitrogen and oxygen atoms in total. The van der Waals surface area contributed by atoms with E-state index in [0.29, 0.717) is 13.0 Å². The number of carbonyl (C=O) groups excluding carboxylic acids is 2. The van der Waals surface area contributed by atoms with E-state index in [2.05, 4.69) is 19.1 Å². The van der Waals surface area contributed by atoms with Gasteiger partial charge in [0.2, 0.25) is 0 Å². The Morgan fingerprint density at radius 1 is 0.875 bits per heavy atom. The summed E-state index contributed by atoms with van der Waals surface area (Å²) in [6, 6.07) is 19.9. The lowest BCUT2D eigenvalue weighted by atomic mass is 10.2. The molecule has 0 heterocycles. The molecular formula is C20H25O4-. The molecular weight excluding hydrogens is 304 g/mol. The van der Waals surface area contributed by atoms with Crippen molar-refractivity contribution in [1.29, 1.82) is 0 Å². The highest BCUT2D eigenvalue weighted by Gasteiger charge is 1.97. The fraction of sp³-hybridized carbons (Fsp3) is 0.300. The van der Waals surface area contributed by atoms with Gasteiger partial charge in [0.15, 0.2) is 0 Å². The Balaban J connectivity index is 0.000000373. The maximum Gasteiger partial charge on any atom is 0.305 e. The minimum Gasteiger partial charge on any atom is -0.550 e. The second kappa shape index (κ2) is 14.0. The summed E-state index contributed by atoms with van der Waals surface area (Å²) in [5.41, 5.74) is 2.35. The highest BCUT2D eigenvalue weighted by Crippen LogP contribution is 2.01. The fourth-order valence-corrected chi connectivity index (χ4v) is 1.37. The van der Waals surface area contributed by atoms with Crippen molar-refractivity contribution < 1.29 is 19.4 Å². The summed E-state index contributed by atoms with van der Waals surface area (Å²) < 4.78 is 4.94. The maximum absolute atomic E-state index is 10.8. The first-order valence-electron chi connectivity index (χ1n) is 7.90. The molecule has 0 aliphatic rings. The van der Waals surface area contributed by atoms with E-state index in [1.165, 1.54) is 12.5 Å². The van der Waals surface area contributed by atoms with Gasteiger partial charge in [0.1, 0.15) is 6.61 Å². The second-order valence-corrected chi connectivity index (χ2v) is 4.88. The van der Waals surface area contributed by atoms with E-state index in [9.17, 15) is 14.7 Å². The summed E-state index contributed by atoms with van der Waals surface area (Å²) in [6.07, 6.45) is 0.548. The number of esters is 1. The van der Waals surface area contributed by atoms with E-state index < -0.39 is 5.97 Å². The minimum absolute atomic E-state index is 0.111. The van der Waals surface area contributed by atoms with Gasteiger partial charge in [0.05, 0.1) is 0 Å².